The van der Waals surface area contributed by atoms with Gasteiger partial charge in [0.05, 0.1) is 5.02 Å². The zero-order valence-corrected chi connectivity index (χ0v) is 18.3. The smallest absolute Gasteiger partial charge is 0.255 e. The lowest BCUT2D eigenvalue weighted by atomic mass is 10.0. The second kappa shape index (κ2) is 8.52. The van der Waals surface area contributed by atoms with Crippen molar-refractivity contribution in [3.05, 3.63) is 58.2 Å². The lowest BCUT2D eigenvalue weighted by Crippen LogP contribution is -2.52. The van der Waals surface area contributed by atoms with Crippen molar-refractivity contribution in [3.63, 3.8) is 0 Å². The van der Waals surface area contributed by atoms with Crippen LogP contribution in [-0.2, 0) is 22.7 Å². The number of carbonyl (C=O) groups excluding carboxylic acids is 3. The molecule has 166 valence electrons. The number of halogens is 1. The first-order chi connectivity index (χ1) is 15.5. The maximum Gasteiger partial charge on any atom is 0.255 e. The van der Waals surface area contributed by atoms with Crippen LogP contribution >= 0.6 is 11.6 Å². The van der Waals surface area contributed by atoms with Gasteiger partial charge in [-0.05, 0) is 35.7 Å². The van der Waals surface area contributed by atoms with Crippen LogP contribution in [0, 0.1) is 0 Å². The molecule has 1 unspecified atom stereocenters. The number of fused-ring (bicyclic) bond motifs is 1. The summed E-state index contributed by atoms with van der Waals surface area (Å²) in [6.45, 7) is 4.83. The van der Waals surface area contributed by atoms with E-state index in [0.29, 0.717) is 23.6 Å². The molecule has 8 nitrogen and oxygen atoms in total. The van der Waals surface area contributed by atoms with E-state index in [1.165, 1.54) is 0 Å². The summed E-state index contributed by atoms with van der Waals surface area (Å²) in [5.41, 5.74) is 2.75. The van der Waals surface area contributed by atoms with E-state index in [0.717, 1.165) is 49.7 Å². The van der Waals surface area contributed by atoms with E-state index in [1.54, 1.807) is 11.1 Å². The maximum atomic E-state index is 12.8. The quantitative estimate of drug-likeness (QED) is 0.711. The lowest BCUT2D eigenvalue weighted by Gasteiger charge is -2.35. The third-order valence-corrected chi connectivity index (χ3v) is 6.63. The fraction of sp³-hybridized carbons (Fsp3) is 0.391. The monoisotopic (exact) mass is 453 g/mol. The predicted molar refractivity (Wildman–Crippen MR) is 119 cm³/mol. The summed E-state index contributed by atoms with van der Waals surface area (Å²) < 4.78 is 0. The zero-order valence-electron chi connectivity index (χ0n) is 17.6. The van der Waals surface area contributed by atoms with Crippen LogP contribution in [0.25, 0.3) is 0 Å². The molecule has 5 rings (SSSR count). The lowest BCUT2D eigenvalue weighted by molar-refractivity contribution is -0.136. The van der Waals surface area contributed by atoms with Gasteiger partial charge >= 0.3 is 0 Å². The van der Waals surface area contributed by atoms with Crippen LogP contribution in [0.1, 0.15) is 34.3 Å². The molecule has 1 aromatic carbocycles. The number of anilines is 1. The highest BCUT2D eigenvalue weighted by molar-refractivity contribution is 6.30. The number of nitrogens with one attached hydrogen (secondary N) is 1. The summed E-state index contributed by atoms with van der Waals surface area (Å²) in [6.07, 6.45) is 2.32. The van der Waals surface area contributed by atoms with Crippen molar-refractivity contribution in [2.45, 2.75) is 32.0 Å². The molecular formula is C23H24ClN5O3. The molecule has 4 heterocycles. The number of pyridine rings is 1. The molecule has 3 amide bonds. The van der Waals surface area contributed by atoms with E-state index in [9.17, 15) is 14.4 Å². The van der Waals surface area contributed by atoms with Gasteiger partial charge < -0.3 is 9.80 Å². The Morgan fingerprint density at radius 3 is 2.59 bits per heavy atom. The first-order valence-corrected chi connectivity index (χ1v) is 11.2. The Labute approximate surface area is 191 Å². The maximum absolute atomic E-state index is 12.8. The van der Waals surface area contributed by atoms with Gasteiger partial charge in [0, 0.05) is 57.4 Å². The average molecular weight is 454 g/mol. The summed E-state index contributed by atoms with van der Waals surface area (Å²) in [6, 6.07) is 9.17. The fourth-order valence-corrected chi connectivity index (χ4v) is 4.79. The van der Waals surface area contributed by atoms with Crippen molar-refractivity contribution in [2.75, 3.05) is 31.1 Å². The van der Waals surface area contributed by atoms with E-state index in [2.05, 4.69) is 26.2 Å². The highest BCUT2D eigenvalue weighted by Gasteiger charge is 2.39. The zero-order chi connectivity index (χ0) is 22.2. The molecule has 32 heavy (non-hydrogen) atoms. The summed E-state index contributed by atoms with van der Waals surface area (Å²) >= 11 is 5.93. The van der Waals surface area contributed by atoms with Crippen LogP contribution in [0.5, 0.6) is 0 Å². The minimum atomic E-state index is -0.578. The Morgan fingerprint density at radius 2 is 1.88 bits per heavy atom. The molecule has 9 heteroatoms. The minimum absolute atomic E-state index is 0.134. The fourth-order valence-electron chi connectivity index (χ4n) is 4.67. The molecule has 3 aliphatic rings. The van der Waals surface area contributed by atoms with Crippen LogP contribution in [0.3, 0.4) is 0 Å². The summed E-state index contributed by atoms with van der Waals surface area (Å²) in [5, 5.41) is 2.98. The van der Waals surface area contributed by atoms with E-state index < -0.39 is 6.04 Å². The van der Waals surface area contributed by atoms with Gasteiger partial charge in [0.15, 0.2) is 0 Å². The minimum Gasteiger partial charge on any atom is -0.354 e. The van der Waals surface area contributed by atoms with Crippen LogP contribution in [0.4, 0.5) is 5.82 Å². The standard InChI is InChI=1S/C23H24ClN5O3/c24-17-2-5-20(25-12-17)28-9-7-27(8-10-28)13-15-1-3-18-16(11-15)14-29(23(18)32)19-4-6-21(30)26-22(19)31/h1-3,5,11-12,19H,4,6-10,13-14H2,(H,26,30,31). The van der Waals surface area contributed by atoms with Crippen LogP contribution in [0.2, 0.25) is 5.02 Å². The molecule has 0 spiro atoms. The van der Waals surface area contributed by atoms with Gasteiger partial charge in [0.2, 0.25) is 11.8 Å². The third-order valence-electron chi connectivity index (χ3n) is 6.40. The summed E-state index contributed by atoms with van der Waals surface area (Å²) in [7, 11) is 0. The van der Waals surface area contributed by atoms with Crippen molar-refractivity contribution >= 4 is 35.1 Å². The van der Waals surface area contributed by atoms with E-state index in [1.807, 2.05) is 24.3 Å². The van der Waals surface area contributed by atoms with E-state index >= 15 is 0 Å². The Bertz CT molecular complexity index is 1070. The number of hydrogen-bond acceptors (Lipinski definition) is 6. The number of piperazine rings is 1. The van der Waals surface area contributed by atoms with E-state index in [-0.39, 0.29) is 24.1 Å². The van der Waals surface area contributed by atoms with E-state index in [4.69, 9.17) is 11.6 Å². The first kappa shape index (κ1) is 20.9. The summed E-state index contributed by atoms with van der Waals surface area (Å²) in [4.78, 5) is 47.1. The molecule has 0 radical (unpaired) electrons. The highest BCUT2D eigenvalue weighted by atomic mass is 35.5. The number of hydrogen-bond donors (Lipinski definition) is 1. The van der Waals surface area contributed by atoms with Gasteiger partial charge in [0.1, 0.15) is 11.9 Å². The summed E-state index contributed by atoms with van der Waals surface area (Å²) in [5.74, 6) is 0.157. The van der Waals surface area contributed by atoms with Gasteiger partial charge in [0.25, 0.3) is 5.91 Å². The van der Waals surface area contributed by atoms with Crippen molar-refractivity contribution in [3.8, 4) is 0 Å². The normalized spacial score (nSPS) is 21.7. The molecule has 1 aromatic heterocycles. The van der Waals surface area contributed by atoms with Gasteiger partial charge in [-0.2, -0.15) is 0 Å². The molecule has 0 bridgehead atoms. The molecule has 2 aromatic rings. The molecular weight excluding hydrogens is 430 g/mol. The van der Waals surface area contributed by atoms with Gasteiger partial charge in [-0.1, -0.05) is 23.7 Å². The molecule has 0 saturated carbocycles. The number of aromatic nitrogens is 1. The second-order valence-electron chi connectivity index (χ2n) is 8.49. The number of piperidine rings is 1. The second-order valence-corrected chi connectivity index (χ2v) is 8.93. The highest BCUT2D eigenvalue weighted by Crippen LogP contribution is 2.28. The SMILES string of the molecule is O=C1CCC(N2Cc3cc(CN4CCN(c5ccc(Cl)cn5)CC4)ccc3C2=O)C(=O)N1. The number of carbonyl (C=O) groups is 3. The number of amides is 3. The van der Waals surface area contributed by atoms with Crippen LogP contribution in [0.15, 0.2) is 36.5 Å². The van der Waals surface area contributed by atoms with Gasteiger partial charge in [-0.3, -0.25) is 24.6 Å². The van der Waals surface area contributed by atoms with Gasteiger partial charge in [-0.15, -0.1) is 0 Å². The predicted octanol–water partition coefficient (Wildman–Crippen LogP) is 1.82. The van der Waals surface area contributed by atoms with Crippen LogP contribution < -0.4 is 10.2 Å². The van der Waals surface area contributed by atoms with Crippen molar-refractivity contribution in [1.29, 1.82) is 0 Å². The topological polar surface area (TPSA) is 85.9 Å². The van der Waals surface area contributed by atoms with Crippen molar-refractivity contribution in [2.24, 2.45) is 0 Å². The molecule has 1 N–H and O–H groups in total. The Hall–Kier alpha value is -2.97. The molecule has 0 aliphatic carbocycles. The number of imide groups is 1. The molecule has 3 aliphatic heterocycles. The number of benzene rings is 1. The van der Waals surface area contributed by atoms with Crippen LogP contribution in [-0.4, -0.2) is 64.7 Å². The van der Waals surface area contributed by atoms with Gasteiger partial charge in [-0.25, -0.2) is 4.98 Å². The molecule has 1 atom stereocenters. The number of rotatable bonds is 4. The van der Waals surface area contributed by atoms with Crippen molar-refractivity contribution < 1.29 is 14.4 Å². The Kier molecular flexibility index (Phi) is 5.57. The molecule has 2 fully saturated rings. The Morgan fingerprint density at radius 1 is 1.06 bits per heavy atom. The first-order valence-electron chi connectivity index (χ1n) is 10.8. The van der Waals surface area contributed by atoms with Crippen molar-refractivity contribution in [1.82, 2.24) is 20.1 Å². The number of nitrogens with zero attached hydrogens (tertiary/aromatic N) is 4. The molecule has 2 saturated heterocycles. The average Bonchev–Trinajstić information content (AvgIpc) is 3.10. The Balaban J connectivity index is 1.21. The third kappa shape index (κ3) is 4.08. The largest absolute Gasteiger partial charge is 0.354 e.